The van der Waals surface area contributed by atoms with Crippen molar-refractivity contribution in [3.05, 3.63) is 78.4 Å². The van der Waals surface area contributed by atoms with E-state index in [0.717, 1.165) is 0 Å². The minimum absolute atomic E-state index is 0.211. The first-order valence-corrected chi connectivity index (χ1v) is 9.98. The van der Waals surface area contributed by atoms with Crippen molar-refractivity contribution in [2.75, 3.05) is 18.6 Å². The van der Waals surface area contributed by atoms with Crippen molar-refractivity contribution < 1.29 is 18.7 Å². The molecular formula is C22H18FN3O3S. The standard InChI is InChI=1S/C22H18FN3O3S/c1-28-18-7-2-3-8-19(18)29-14-21(27)26(13-16-6-4-5-11-24-16)22-25-17-10-9-15(23)12-20(17)30-22/h2-12H,13-14H2,1H3. The monoisotopic (exact) mass is 423 g/mol. The van der Waals surface area contributed by atoms with Gasteiger partial charge in [0.2, 0.25) is 0 Å². The largest absolute Gasteiger partial charge is 0.493 e. The van der Waals surface area contributed by atoms with E-state index >= 15 is 0 Å². The van der Waals surface area contributed by atoms with Crippen molar-refractivity contribution in [2.24, 2.45) is 0 Å². The average molecular weight is 423 g/mol. The van der Waals surface area contributed by atoms with Gasteiger partial charge in [0.25, 0.3) is 5.91 Å². The molecule has 4 aromatic rings. The summed E-state index contributed by atoms with van der Waals surface area (Å²) in [6.45, 7) is 0.00869. The van der Waals surface area contributed by atoms with Crippen molar-refractivity contribution in [2.45, 2.75) is 6.54 Å². The number of carbonyl (C=O) groups excluding carboxylic acids is 1. The Morgan fingerprint density at radius 2 is 1.90 bits per heavy atom. The summed E-state index contributed by atoms with van der Waals surface area (Å²) in [5, 5.41) is 0.454. The van der Waals surface area contributed by atoms with Crippen LogP contribution in [0.5, 0.6) is 11.5 Å². The van der Waals surface area contributed by atoms with E-state index in [-0.39, 0.29) is 24.9 Å². The summed E-state index contributed by atoms with van der Waals surface area (Å²) in [7, 11) is 1.54. The fourth-order valence-electron chi connectivity index (χ4n) is 2.87. The summed E-state index contributed by atoms with van der Waals surface area (Å²) in [6.07, 6.45) is 1.66. The number of carbonyl (C=O) groups is 1. The summed E-state index contributed by atoms with van der Waals surface area (Å²) < 4.78 is 25.2. The second-order valence-electron chi connectivity index (χ2n) is 6.35. The van der Waals surface area contributed by atoms with Gasteiger partial charge in [-0.15, -0.1) is 0 Å². The molecule has 0 aliphatic carbocycles. The Kier molecular flexibility index (Phi) is 5.85. The summed E-state index contributed by atoms with van der Waals surface area (Å²) in [6, 6.07) is 17.0. The van der Waals surface area contributed by atoms with E-state index in [1.165, 1.54) is 35.5 Å². The molecule has 1 amide bonds. The SMILES string of the molecule is COc1ccccc1OCC(=O)N(Cc1ccccn1)c1nc2ccc(F)cc2s1. The van der Waals surface area contributed by atoms with Crippen LogP contribution in [0.1, 0.15) is 5.69 Å². The number of halogens is 1. The van der Waals surface area contributed by atoms with Gasteiger partial charge in [0.1, 0.15) is 5.82 Å². The Morgan fingerprint density at radius 1 is 1.10 bits per heavy atom. The summed E-state index contributed by atoms with van der Waals surface area (Å²) in [4.78, 5) is 23.4. The Bertz CT molecular complexity index is 1170. The van der Waals surface area contributed by atoms with Gasteiger partial charge in [-0.25, -0.2) is 9.37 Å². The molecule has 4 rings (SSSR count). The van der Waals surface area contributed by atoms with Crippen molar-refractivity contribution in [1.29, 1.82) is 0 Å². The van der Waals surface area contributed by atoms with E-state index in [2.05, 4.69) is 9.97 Å². The molecule has 0 saturated heterocycles. The number of hydrogen-bond donors (Lipinski definition) is 0. The van der Waals surface area contributed by atoms with E-state index in [1.54, 1.807) is 36.5 Å². The van der Waals surface area contributed by atoms with Gasteiger partial charge < -0.3 is 9.47 Å². The van der Waals surface area contributed by atoms with Gasteiger partial charge in [-0.2, -0.15) is 0 Å². The van der Waals surface area contributed by atoms with Crippen molar-refractivity contribution in [3.8, 4) is 11.5 Å². The van der Waals surface area contributed by atoms with Crippen LogP contribution in [0.4, 0.5) is 9.52 Å². The van der Waals surface area contributed by atoms with Crippen LogP contribution in [0.3, 0.4) is 0 Å². The first kappa shape index (κ1) is 19.8. The zero-order chi connectivity index (χ0) is 20.9. The maximum Gasteiger partial charge on any atom is 0.267 e. The molecule has 152 valence electrons. The van der Waals surface area contributed by atoms with Crippen LogP contribution < -0.4 is 14.4 Å². The Hall–Kier alpha value is -3.52. The van der Waals surface area contributed by atoms with Crippen molar-refractivity contribution in [3.63, 3.8) is 0 Å². The second-order valence-corrected chi connectivity index (χ2v) is 7.36. The highest BCUT2D eigenvalue weighted by molar-refractivity contribution is 7.22. The molecule has 0 unspecified atom stereocenters. The summed E-state index contributed by atoms with van der Waals surface area (Å²) >= 11 is 1.24. The summed E-state index contributed by atoms with van der Waals surface area (Å²) in [5.74, 6) is 0.362. The molecule has 0 aliphatic heterocycles. The molecule has 0 atom stereocenters. The van der Waals surface area contributed by atoms with E-state index in [0.29, 0.717) is 32.5 Å². The predicted octanol–water partition coefficient (Wildman–Crippen LogP) is 4.45. The van der Waals surface area contributed by atoms with Crippen LogP contribution in [0.15, 0.2) is 66.9 Å². The molecule has 2 heterocycles. The third-order valence-corrected chi connectivity index (χ3v) is 5.38. The minimum Gasteiger partial charge on any atom is -0.493 e. The first-order chi connectivity index (χ1) is 14.6. The van der Waals surface area contributed by atoms with E-state index in [9.17, 15) is 9.18 Å². The van der Waals surface area contributed by atoms with Gasteiger partial charge in [0.05, 0.1) is 29.6 Å². The number of fused-ring (bicyclic) bond motifs is 1. The molecule has 0 radical (unpaired) electrons. The van der Waals surface area contributed by atoms with Gasteiger partial charge in [0, 0.05) is 6.20 Å². The highest BCUT2D eigenvalue weighted by atomic mass is 32.1. The zero-order valence-corrected chi connectivity index (χ0v) is 16.9. The molecular weight excluding hydrogens is 405 g/mol. The Balaban J connectivity index is 1.61. The molecule has 0 aliphatic rings. The number of pyridine rings is 1. The Morgan fingerprint density at radius 3 is 2.67 bits per heavy atom. The number of nitrogens with zero attached hydrogens (tertiary/aromatic N) is 3. The molecule has 8 heteroatoms. The predicted molar refractivity (Wildman–Crippen MR) is 113 cm³/mol. The zero-order valence-electron chi connectivity index (χ0n) is 16.1. The number of anilines is 1. The van der Waals surface area contributed by atoms with E-state index < -0.39 is 0 Å². The maximum absolute atomic E-state index is 13.6. The second kappa shape index (κ2) is 8.87. The molecule has 0 N–H and O–H groups in total. The lowest BCUT2D eigenvalue weighted by Crippen LogP contribution is -2.34. The number of methoxy groups -OCH3 is 1. The molecule has 0 spiro atoms. The third-order valence-electron chi connectivity index (χ3n) is 4.34. The summed E-state index contributed by atoms with van der Waals surface area (Å²) in [5.41, 5.74) is 1.33. The van der Waals surface area contributed by atoms with Crippen molar-refractivity contribution >= 4 is 32.6 Å². The highest BCUT2D eigenvalue weighted by Crippen LogP contribution is 2.31. The molecule has 2 aromatic heterocycles. The number of para-hydroxylation sites is 2. The number of hydrogen-bond acceptors (Lipinski definition) is 6. The van der Waals surface area contributed by atoms with E-state index in [4.69, 9.17) is 9.47 Å². The number of ether oxygens (including phenoxy) is 2. The lowest BCUT2D eigenvalue weighted by Gasteiger charge is -2.20. The normalized spacial score (nSPS) is 10.7. The van der Waals surface area contributed by atoms with E-state index in [1.807, 2.05) is 18.2 Å². The number of thiazole rings is 1. The van der Waals surface area contributed by atoms with Crippen LogP contribution in [-0.2, 0) is 11.3 Å². The number of amides is 1. The fourth-order valence-corrected chi connectivity index (χ4v) is 3.88. The lowest BCUT2D eigenvalue weighted by atomic mass is 10.3. The van der Waals surface area contributed by atoms with Crippen LogP contribution in [0.25, 0.3) is 10.2 Å². The van der Waals surface area contributed by atoms with Gasteiger partial charge in [-0.3, -0.25) is 14.7 Å². The Labute approximate surface area is 176 Å². The fraction of sp³-hybridized carbons (Fsp3) is 0.136. The van der Waals surface area contributed by atoms with Crippen LogP contribution >= 0.6 is 11.3 Å². The third kappa shape index (κ3) is 4.38. The average Bonchev–Trinajstić information content (AvgIpc) is 3.19. The maximum atomic E-state index is 13.6. The topological polar surface area (TPSA) is 64.6 Å². The highest BCUT2D eigenvalue weighted by Gasteiger charge is 2.22. The van der Waals surface area contributed by atoms with Gasteiger partial charge in [-0.1, -0.05) is 29.5 Å². The van der Waals surface area contributed by atoms with Crippen LogP contribution in [0, 0.1) is 5.82 Å². The number of benzene rings is 2. The van der Waals surface area contributed by atoms with Gasteiger partial charge in [-0.05, 0) is 42.5 Å². The van der Waals surface area contributed by atoms with Crippen molar-refractivity contribution in [1.82, 2.24) is 9.97 Å². The van der Waals surface area contributed by atoms with Crippen LogP contribution in [0.2, 0.25) is 0 Å². The smallest absolute Gasteiger partial charge is 0.267 e. The molecule has 30 heavy (non-hydrogen) atoms. The quantitative estimate of drug-likeness (QED) is 0.439. The van der Waals surface area contributed by atoms with Gasteiger partial charge >= 0.3 is 0 Å². The first-order valence-electron chi connectivity index (χ1n) is 9.16. The van der Waals surface area contributed by atoms with Crippen LogP contribution in [-0.4, -0.2) is 29.6 Å². The number of aromatic nitrogens is 2. The van der Waals surface area contributed by atoms with Gasteiger partial charge in [0.15, 0.2) is 23.2 Å². The lowest BCUT2D eigenvalue weighted by molar-refractivity contribution is -0.120. The molecule has 2 aromatic carbocycles. The molecule has 6 nitrogen and oxygen atoms in total. The molecule has 0 fully saturated rings. The minimum atomic E-state index is -0.347. The number of rotatable bonds is 7. The molecule has 0 bridgehead atoms. The molecule has 0 saturated carbocycles.